The number of fused-ring (bicyclic) bond motifs is 1. The number of carbonyl (C=O) groups is 1. The van der Waals surface area contributed by atoms with Gasteiger partial charge < -0.3 is 10.6 Å². The van der Waals surface area contributed by atoms with E-state index in [0.29, 0.717) is 11.3 Å². The lowest BCUT2D eigenvalue weighted by Crippen LogP contribution is -2.33. The van der Waals surface area contributed by atoms with Crippen LogP contribution in [0.3, 0.4) is 0 Å². The van der Waals surface area contributed by atoms with Gasteiger partial charge in [-0.1, -0.05) is 24.3 Å². The average molecular weight is 266 g/mol. The zero-order valence-electron chi connectivity index (χ0n) is 11.4. The molecule has 0 fully saturated rings. The maximum Gasteiger partial charge on any atom is 0.253 e. The van der Waals surface area contributed by atoms with E-state index in [1.54, 1.807) is 24.3 Å². The molecule has 0 saturated carbocycles. The van der Waals surface area contributed by atoms with Gasteiger partial charge in [-0.2, -0.15) is 0 Å². The first-order valence-electron chi connectivity index (χ1n) is 6.95. The quantitative estimate of drug-likeness (QED) is 0.806. The highest BCUT2D eigenvalue weighted by Crippen LogP contribution is 2.17. The van der Waals surface area contributed by atoms with Crippen LogP contribution in [0.4, 0.5) is 5.69 Å². The summed E-state index contributed by atoms with van der Waals surface area (Å²) in [7, 11) is 0. The molecule has 0 atom stereocenters. The number of nitrogens with zero attached hydrogens (tertiary/aromatic N) is 1. The molecule has 0 aliphatic carbocycles. The van der Waals surface area contributed by atoms with Crippen molar-refractivity contribution in [1.29, 1.82) is 0 Å². The fraction of sp³-hybridized carbons (Fsp3) is 0.235. The number of amides is 1. The molecule has 3 rings (SSSR count). The van der Waals surface area contributed by atoms with E-state index in [1.807, 2.05) is 4.90 Å². The monoisotopic (exact) mass is 266 g/mol. The molecule has 102 valence electrons. The molecule has 1 aliphatic heterocycles. The van der Waals surface area contributed by atoms with E-state index in [-0.39, 0.29) is 5.91 Å². The van der Waals surface area contributed by atoms with Gasteiger partial charge >= 0.3 is 0 Å². The van der Waals surface area contributed by atoms with Crippen molar-refractivity contribution in [1.82, 2.24) is 4.90 Å². The van der Waals surface area contributed by atoms with Gasteiger partial charge in [0.2, 0.25) is 0 Å². The molecule has 3 nitrogen and oxygen atoms in total. The summed E-state index contributed by atoms with van der Waals surface area (Å²) < 4.78 is 0. The Balaban J connectivity index is 1.76. The predicted molar refractivity (Wildman–Crippen MR) is 80.6 cm³/mol. The Kier molecular flexibility index (Phi) is 3.42. The molecule has 0 aromatic heterocycles. The Morgan fingerprint density at radius 1 is 0.900 bits per heavy atom. The van der Waals surface area contributed by atoms with Gasteiger partial charge in [0, 0.05) is 24.3 Å². The molecule has 0 radical (unpaired) electrons. The standard InChI is InChI=1S/C17H18N2O/c18-16-7-5-15(6-8-16)17(20)19-11-9-13-3-1-2-4-14(13)10-12-19/h1-8H,9-12,18H2. The fourth-order valence-electron chi connectivity index (χ4n) is 2.68. The van der Waals surface area contributed by atoms with Gasteiger partial charge in [-0.05, 0) is 48.2 Å². The van der Waals surface area contributed by atoms with Crippen LogP contribution in [0.15, 0.2) is 48.5 Å². The van der Waals surface area contributed by atoms with Crippen molar-refractivity contribution in [3.63, 3.8) is 0 Å². The van der Waals surface area contributed by atoms with Gasteiger partial charge in [0.15, 0.2) is 0 Å². The topological polar surface area (TPSA) is 46.3 Å². The van der Waals surface area contributed by atoms with Crippen LogP contribution in [0.25, 0.3) is 0 Å². The van der Waals surface area contributed by atoms with E-state index in [4.69, 9.17) is 5.73 Å². The lowest BCUT2D eigenvalue weighted by molar-refractivity contribution is 0.0763. The molecular weight excluding hydrogens is 248 g/mol. The second-order valence-corrected chi connectivity index (χ2v) is 5.18. The van der Waals surface area contributed by atoms with Crippen LogP contribution in [0.1, 0.15) is 21.5 Å². The number of carbonyl (C=O) groups excluding carboxylic acids is 1. The molecule has 2 aromatic rings. The zero-order valence-corrected chi connectivity index (χ0v) is 11.4. The summed E-state index contributed by atoms with van der Waals surface area (Å²) in [5.41, 5.74) is 9.78. The van der Waals surface area contributed by atoms with Crippen molar-refractivity contribution in [2.45, 2.75) is 12.8 Å². The van der Waals surface area contributed by atoms with Crippen LogP contribution >= 0.6 is 0 Å². The summed E-state index contributed by atoms with van der Waals surface area (Å²) >= 11 is 0. The summed E-state index contributed by atoms with van der Waals surface area (Å²) in [5.74, 6) is 0.0952. The van der Waals surface area contributed by atoms with E-state index in [1.165, 1.54) is 11.1 Å². The normalized spacial score (nSPS) is 14.5. The maximum absolute atomic E-state index is 12.5. The van der Waals surface area contributed by atoms with Crippen LogP contribution in [0.2, 0.25) is 0 Å². The summed E-state index contributed by atoms with van der Waals surface area (Å²) in [6.07, 6.45) is 1.85. The molecule has 0 spiro atoms. The minimum atomic E-state index is 0.0952. The summed E-state index contributed by atoms with van der Waals surface area (Å²) in [6, 6.07) is 15.6. The number of hydrogen-bond donors (Lipinski definition) is 1. The highest BCUT2D eigenvalue weighted by Gasteiger charge is 2.19. The first-order chi connectivity index (χ1) is 9.74. The van der Waals surface area contributed by atoms with Gasteiger partial charge in [-0.25, -0.2) is 0 Å². The number of anilines is 1. The van der Waals surface area contributed by atoms with Crippen molar-refractivity contribution in [3.05, 3.63) is 65.2 Å². The highest BCUT2D eigenvalue weighted by molar-refractivity contribution is 5.94. The van der Waals surface area contributed by atoms with Crippen molar-refractivity contribution in [2.75, 3.05) is 18.8 Å². The Hall–Kier alpha value is -2.29. The Morgan fingerprint density at radius 3 is 2.00 bits per heavy atom. The van der Waals surface area contributed by atoms with Gasteiger partial charge in [0.05, 0.1) is 0 Å². The van der Waals surface area contributed by atoms with E-state index < -0.39 is 0 Å². The summed E-state index contributed by atoms with van der Waals surface area (Å²) in [5, 5.41) is 0. The molecule has 2 N–H and O–H groups in total. The molecular formula is C17H18N2O. The molecule has 3 heteroatoms. The van der Waals surface area contributed by atoms with Crippen molar-refractivity contribution in [2.24, 2.45) is 0 Å². The van der Waals surface area contributed by atoms with Crippen LogP contribution in [-0.2, 0) is 12.8 Å². The highest BCUT2D eigenvalue weighted by atomic mass is 16.2. The van der Waals surface area contributed by atoms with Gasteiger partial charge in [0.1, 0.15) is 0 Å². The first-order valence-corrected chi connectivity index (χ1v) is 6.95. The predicted octanol–water partition coefficient (Wildman–Crippen LogP) is 2.51. The molecule has 20 heavy (non-hydrogen) atoms. The number of rotatable bonds is 1. The molecule has 1 heterocycles. The van der Waals surface area contributed by atoms with E-state index >= 15 is 0 Å². The SMILES string of the molecule is Nc1ccc(C(=O)N2CCc3ccccc3CC2)cc1. The van der Waals surface area contributed by atoms with Crippen LogP contribution in [0.5, 0.6) is 0 Å². The van der Waals surface area contributed by atoms with E-state index in [9.17, 15) is 4.79 Å². The Labute approximate surface area is 119 Å². The summed E-state index contributed by atoms with van der Waals surface area (Å²) in [6.45, 7) is 1.56. The van der Waals surface area contributed by atoms with Crippen LogP contribution < -0.4 is 5.73 Å². The number of nitrogen functional groups attached to an aromatic ring is 1. The minimum Gasteiger partial charge on any atom is -0.399 e. The van der Waals surface area contributed by atoms with E-state index in [0.717, 1.165) is 25.9 Å². The fourth-order valence-corrected chi connectivity index (χ4v) is 2.68. The average Bonchev–Trinajstić information content (AvgIpc) is 2.70. The van der Waals surface area contributed by atoms with Crippen LogP contribution in [-0.4, -0.2) is 23.9 Å². The van der Waals surface area contributed by atoms with Crippen LogP contribution in [0, 0.1) is 0 Å². The largest absolute Gasteiger partial charge is 0.399 e. The minimum absolute atomic E-state index is 0.0952. The van der Waals surface area contributed by atoms with Crippen molar-refractivity contribution < 1.29 is 4.79 Å². The zero-order chi connectivity index (χ0) is 13.9. The molecule has 0 saturated heterocycles. The van der Waals surface area contributed by atoms with E-state index in [2.05, 4.69) is 24.3 Å². The van der Waals surface area contributed by atoms with Gasteiger partial charge in [-0.3, -0.25) is 4.79 Å². The van der Waals surface area contributed by atoms with Crippen molar-refractivity contribution in [3.8, 4) is 0 Å². The number of nitrogens with two attached hydrogens (primary N) is 1. The van der Waals surface area contributed by atoms with Crippen molar-refractivity contribution >= 4 is 11.6 Å². The Bertz CT molecular complexity index is 592. The number of benzene rings is 2. The van der Waals surface area contributed by atoms with Gasteiger partial charge in [0.25, 0.3) is 5.91 Å². The molecule has 1 aliphatic rings. The third-order valence-electron chi connectivity index (χ3n) is 3.87. The lowest BCUT2D eigenvalue weighted by Gasteiger charge is -2.20. The maximum atomic E-state index is 12.5. The lowest BCUT2D eigenvalue weighted by atomic mass is 10.0. The second kappa shape index (κ2) is 5.37. The number of hydrogen-bond acceptors (Lipinski definition) is 2. The third kappa shape index (κ3) is 2.52. The first kappa shape index (κ1) is 12.7. The Morgan fingerprint density at radius 2 is 1.45 bits per heavy atom. The molecule has 0 unspecified atom stereocenters. The molecule has 0 bridgehead atoms. The smallest absolute Gasteiger partial charge is 0.253 e. The molecule has 2 aromatic carbocycles. The summed E-state index contributed by atoms with van der Waals surface area (Å²) in [4.78, 5) is 14.4. The second-order valence-electron chi connectivity index (χ2n) is 5.18. The van der Waals surface area contributed by atoms with Gasteiger partial charge in [-0.15, -0.1) is 0 Å². The molecule has 1 amide bonds. The third-order valence-corrected chi connectivity index (χ3v) is 3.87.